The molecule has 41 heavy (non-hydrogen) atoms. The summed E-state index contributed by atoms with van der Waals surface area (Å²) in [7, 11) is 1.31. The number of halogens is 4. The van der Waals surface area contributed by atoms with Crippen LogP contribution in [-0.4, -0.2) is 60.3 Å². The maximum atomic E-state index is 14.5. The van der Waals surface area contributed by atoms with Crippen LogP contribution in [0.5, 0.6) is 17.2 Å². The Morgan fingerprint density at radius 1 is 1.20 bits per heavy atom. The number of nitrogens with zero attached hydrogens (tertiary/aromatic N) is 1. The zero-order chi connectivity index (χ0) is 30.2. The zero-order valence-electron chi connectivity index (χ0n) is 22.4. The van der Waals surface area contributed by atoms with Gasteiger partial charge in [0, 0.05) is 16.7 Å². The van der Waals surface area contributed by atoms with E-state index < -0.39 is 47.4 Å². The summed E-state index contributed by atoms with van der Waals surface area (Å²) in [6.07, 6.45) is -5.87. The second kappa shape index (κ2) is 11.1. The lowest BCUT2D eigenvalue weighted by atomic mass is 9.89. The van der Waals surface area contributed by atoms with Gasteiger partial charge in [-0.25, -0.2) is 9.37 Å². The first-order chi connectivity index (χ1) is 19.2. The number of nitrogens with two attached hydrogens (primary N) is 1. The van der Waals surface area contributed by atoms with Gasteiger partial charge in [-0.15, -0.1) is 0 Å². The number of ether oxygens (including phenoxy) is 3. The van der Waals surface area contributed by atoms with E-state index in [2.05, 4.69) is 10.3 Å². The van der Waals surface area contributed by atoms with E-state index in [1.807, 2.05) is 0 Å². The number of nitrogens with one attached hydrogen (secondary N) is 1. The number of hydrogen-bond acceptors (Lipinski definition) is 8. The number of alkyl halides is 3. The molecule has 2 heterocycles. The fraction of sp³-hybridized carbons (Fsp3) is 0.357. The molecule has 4 rings (SSSR count). The molecular formula is C28H29F4N3O6. The number of fused-ring (bicyclic) bond motifs is 1. The van der Waals surface area contributed by atoms with Crippen molar-refractivity contribution in [3.05, 3.63) is 71.2 Å². The number of pyridine rings is 1. The van der Waals surface area contributed by atoms with Gasteiger partial charge in [0.05, 0.1) is 31.5 Å². The number of methoxy groups -OCH3 is 1. The third-order valence-electron chi connectivity index (χ3n) is 6.63. The van der Waals surface area contributed by atoms with Crippen molar-refractivity contribution in [3.8, 4) is 28.5 Å². The van der Waals surface area contributed by atoms with Gasteiger partial charge in [0.25, 0.3) is 5.91 Å². The molecule has 1 aliphatic heterocycles. The number of benzene rings is 2. The molecule has 0 fully saturated rings. The van der Waals surface area contributed by atoms with E-state index in [0.29, 0.717) is 0 Å². The number of amides is 1. The Hall–Kier alpha value is -3.94. The van der Waals surface area contributed by atoms with Gasteiger partial charge in [-0.05, 0) is 62.4 Å². The van der Waals surface area contributed by atoms with Crippen LogP contribution in [0, 0.1) is 5.82 Å². The van der Waals surface area contributed by atoms with Crippen LogP contribution < -0.4 is 25.3 Å². The van der Waals surface area contributed by atoms with Crippen LogP contribution in [0.25, 0.3) is 11.3 Å². The van der Waals surface area contributed by atoms with E-state index in [1.165, 1.54) is 37.4 Å². The normalized spacial score (nSPS) is 18.6. The van der Waals surface area contributed by atoms with E-state index in [1.54, 1.807) is 13.8 Å². The third-order valence-corrected chi connectivity index (χ3v) is 6.63. The quantitative estimate of drug-likeness (QED) is 0.283. The molecule has 0 bridgehead atoms. The van der Waals surface area contributed by atoms with Gasteiger partial charge in [-0.2, -0.15) is 13.2 Å². The lowest BCUT2D eigenvalue weighted by Crippen LogP contribution is -2.51. The van der Waals surface area contributed by atoms with Gasteiger partial charge in [-0.3, -0.25) is 4.79 Å². The highest BCUT2D eigenvalue weighted by atomic mass is 19.4. The van der Waals surface area contributed by atoms with Crippen molar-refractivity contribution in [1.82, 2.24) is 10.3 Å². The van der Waals surface area contributed by atoms with Crippen molar-refractivity contribution >= 4 is 5.91 Å². The van der Waals surface area contributed by atoms with Gasteiger partial charge in [0.2, 0.25) is 5.60 Å². The number of aliphatic hydroxyl groups is 2. The van der Waals surface area contributed by atoms with Crippen LogP contribution in [0.1, 0.15) is 35.5 Å². The first-order valence-corrected chi connectivity index (χ1v) is 12.5. The number of carbonyl (C=O) groups excluding carboxylic acids is 1. The second-order valence-corrected chi connectivity index (χ2v) is 9.96. The van der Waals surface area contributed by atoms with Crippen molar-refractivity contribution in [1.29, 1.82) is 0 Å². The van der Waals surface area contributed by atoms with Crippen LogP contribution >= 0.6 is 0 Å². The van der Waals surface area contributed by atoms with E-state index >= 15 is 0 Å². The highest BCUT2D eigenvalue weighted by Crippen LogP contribution is 2.46. The Labute approximate surface area is 232 Å². The van der Waals surface area contributed by atoms with Gasteiger partial charge in [-0.1, -0.05) is 0 Å². The maximum Gasteiger partial charge on any atom is 0.424 e. The Morgan fingerprint density at radius 2 is 1.88 bits per heavy atom. The Morgan fingerprint density at radius 3 is 2.49 bits per heavy atom. The summed E-state index contributed by atoms with van der Waals surface area (Å²) in [5.74, 6) is -1.08. The molecule has 220 valence electrons. The van der Waals surface area contributed by atoms with Crippen molar-refractivity contribution < 1.29 is 46.8 Å². The predicted octanol–water partition coefficient (Wildman–Crippen LogP) is 3.40. The van der Waals surface area contributed by atoms with Gasteiger partial charge >= 0.3 is 6.18 Å². The summed E-state index contributed by atoms with van der Waals surface area (Å²) in [5.41, 5.74) is 0.837. The lowest BCUT2D eigenvalue weighted by Gasteiger charge is -2.31. The molecule has 0 saturated heterocycles. The number of aromatic nitrogens is 1. The Balaban J connectivity index is 1.71. The SMILES string of the molecule is COc1cc(C(=O)NCC(O)(c2cc3c(c(-c4ccc(F)cc4)n2)OCC3(C)N)C(F)(F)F)ccc1OC(C)CO. The second-order valence-electron chi connectivity index (χ2n) is 9.96. The highest BCUT2D eigenvalue weighted by Gasteiger charge is 2.57. The fourth-order valence-electron chi connectivity index (χ4n) is 4.23. The fourth-order valence-corrected chi connectivity index (χ4v) is 4.23. The molecule has 0 aliphatic carbocycles. The molecule has 0 radical (unpaired) electrons. The molecular weight excluding hydrogens is 550 g/mol. The molecule has 3 aromatic rings. The molecule has 2 aromatic carbocycles. The molecule has 0 saturated carbocycles. The van der Waals surface area contributed by atoms with Crippen LogP contribution in [0.4, 0.5) is 17.6 Å². The van der Waals surface area contributed by atoms with Gasteiger partial charge < -0.3 is 35.5 Å². The summed E-state index contributed by atoms with van der Waals surface area (Å²) in [6.45, 7) is 1.51. The van der Waals surface area contributed by atoms with Crippen LogP contribution in [0.15, 0.2) is 48.5 Å². The summed E-state index contributed by atoms with van der Waals surface area (Å²) < 4.78 is 73.4. The number of hydrogen-bond donors (Lipinski definition) is 4. The van der Waals surface area contributed by atoms with Crippen LogP contribution in [0.2, 0.25) is 0 Å². The number of aliphatic hydroxyl groups excluding tert-OH is 1. The standard InChI is InChI=1S/C28H29F4N3O6/c1-15(12-36)41-20-9-6-17(10-21(20)39-3)25(37)34-13-27(38,28(30,31)32)22-11-19-24(40-14-26(19,2)33)23(35-22)16-4-7-18(29)8-5-16/h4-11,15,36,38H,12-14,33H2,1-3H3,(H,34,37). The van der Waals surface area contributed by atoms with Crippen molar-refractivity contribution in [2.75, 3.05) is 26.9 Å². The zero-order valence-corrected chi connectivity index (χ0v) is 22.4. The molecule has 13 heteroatoms. The van der Waals surface area contributed by atoms with E-state index in [-0.39, 0.29) is 52.8 Å². The summed E-state index contributed by atoms with van der Waals surface area (Å²) in [5, 5.41) is 22.4. The molecule has 0 spiro atoms. The summed E-state index contributed by atoms with van der Waals surface area (Å²) >= 11 is 0. The molecule has 1 aromatic heterocycles. The van der Waals surface area contributed by atoms with Crippen molar-refractivity contribution in [3.63, 3.8) is 0 Å². The average Bonchev–Trinajstić information content (AvgIpc) is 3.25. The summed E-state index contributed by atoms with van der Waals surface area (Å²) in [6, 6.07) is 9.76. The molecule has 1 aliphatic rings. The van der Waals surface area contributed by atoms with Crippen LogP contribution in [0.3, 0.4) is 0 Å². The Bertz CT molecular complexity index is 1430. The molecule has 5 N–H and O–H groups in total. The van der Waals surface area contributed by atoms with E-state index in [0.717, 1.165) is 18.2 Å². The lowest BCUT2D eigenvalue weighted by molar-refractivity contribution is -0.265. The van der Waals surface area contributed by atoms with Gasteiger partial charge in [0.1, 0.15) is 24.2 Å². The van der Waals surface area contributed by atoms with Gasteiger partial charge in [0.15, 0.2) is 17.2 Å². The molecule has 3 atom stereocenters. The average molecular weight is 580 g/mol. The molecule has 1 amide bonds. The largest absolute Gasteiger partial charge is 0.493 e. The summed E-state index contributed by atoms with van der Waals surface area (Å²) in [4.78, 5) is 17.0. The van der Waals surface area contributed by atoms with Crippen LogP contribution in [-0.2, 0) is 11.1 Å². The maximum absolute atomic E-state index is 14.5. The first kappa shape index (κ1) is 30.0. The smallest absolute Gasteiger partial charge is 0.424 e. The molecule has 3 unspecified atom stereocenters. The number of carbonyl (C=O) groups is 1. The predicted molar refractivity (Wildman–Crippen MR) is 139 cm³/mol. The van der Waals surface area contributed by atoms with Crippen molar-refractivity contribution in [2.24, 2.45) is 5.73 Å². The van der Waals surface area contributed by atoms with Crippen molar-refractivity contribution in [2.45, 2.75) is 37.3 Å². The minimum absolute atomic E-state index is 0.0680. The third kappa shape index (κ3) is 5.92. The van der Waals surface area contributed by atoms with E-state index in [4.69, 9.17) is 19.9 Å². The highest BCUT2D eigenvalue weighted by molar-refractivity contribution is 5.95. The monoisotopic (exact) mass is 579 g/mol. The minimum atomic E-state index is -5.29. The first-order valence-electron chi connectivity index (χ1n) is 12.5. The number of rotatable bonds is 9. The minimum Gasteiger partial charge on any atom is -0.493 e. The van der Waals surface area contributed by atoms with E-state index in [9.17, 15) is 32.6 Å². The topological polar surface area (TPSA) is 136 Å². The molecule has 9 nitrogen and oxygen atoms in total. The Kier molecular flexibility index (Phi) is 8.16.